The molecule has 2 aromatic carbocycles. The first-order chi connectivity index (χ1) is 14.2. The van der Waals surface area contributed by atoms with Crippen molar-refractivity contribution in [3.63, 3.8) is 0 Å². The van der Waals surface area contributed by atoms with Crippen LogP contribution in [-0.4, -0.2) is 25.6 Å². The van der Waals surface area contributed by atoms with Crippen molar-refractivity contribution in [3.8, 4) is 11.8 Å². The number of fused-ring (bicyclic) bond motifs is 1. The Morgan fingerprint density at radius 2 is 2.00 bits per heavy atom. The van der Waals surface area contributed by atoms with E-state index >= 15 is 0 Å². The van der Waals surface area contributed by atoms with Gasteiger partial charge in [-0.3, -0.25) is 4.79 Å². The number of anilines is 2. The minimum absolute atomic E-state index is 0.0155. The lowest BCUT2D eigenvalue weighted by molar-refractivity contribution is -0.112. The van der Waals surface area contributed by atoms with E-state index in [0.717, 1.165) is 17.7 Å². The van der Waals surface area contributed by atoms with Crippen molar-refractivity contribution in [1.29, 1.82) is 5.26 Å². The fourth-order valence-corrected chi connectivity index (χ4v) is 3.94. The normalized spacial score (nSPS) is 17.7. The maximum atomic E-state index is 13.1. The Hall–Kier alpha value is -3.33. The molecular formula is C24H26FN3O2. The summed E-state index contributed by atoms with van der Waals surface area (Å²) >= 11 is 0. The van der Waals surface area contributed by atoms with Gasteiger partial charge in [0.1, 0.15) is 23.2 Å². The van der Waals surface area contributed by atoms with Crippen molar-refractivity contribution in [2.24, 2.45) is 0 Å². The summed E-state index contributed by atoms with van der Waals surface area (Å²) in [6.45, 7) is 6.60. The predicted octanol–water partition coefficient (Wildman–Crippen LogP) is 5.10. The molecule has 5 nitrogen and oxygen atoms in total. The van der Waals surface area contributed by atoms with Gasteiger partial charge in [0, 0.05) is 35.6 Å². The van der Waals surface area contributed by atoms with Gasteiger partial charge < -0.3 is 15.0 Å². The highest BCUT2D eigenvalue weighted by Gasteiger charge is 2.34. The van der Waals surface area contributed by atoms with E-state index in [1.54, 1.807) is 7.11 Å². The van der Waals surface area contributed by atoms with Crippen LogP contribution in [0, 0.1) is 17.1 Å². The molecule has 3 rings (SSSR count). The average molecular weight is 407 g/mol. The number of benzene rings is 2. The molecule has 6 heteroatoms. The van der Waals surface area contributed by atoms with Gasteiger partial charge in [-0.25, -0.2) is 4.39 Å². The van der Waals surface area contributed by atoms with Crippen LogP contribution in [0.3, 0.4) is 0 Å². The minimum Gasteiger partial charge on any atom is -0.496 e. The van der Waals surface area contributed by atoms with Crippen molar-refractivity contribution in [2.45, 2.75) is 38.6 Å². The second-order valence-corrected chi connectivity index (χ2v) is 8.26. The Kier molecular flexibility index (Phi) is 5.84. The van der Waals surface area contributed by atoms with Crippen LogP contribution in [-0.2, 0) is 4.79 Å². The molecule has 0 aliphatic carbocycles. The van der Waals surface area contributed by atoms with Crippen LogP contribution in [0.15, 0.2) is 42.0 Å². The average Bonchev–Trinajstić information content (AvgIpc) is 2.71. The number of hydrogen-bond acceptors (Lipinski definition) is 4. The Balaban J connectivity index is 1.98. The van der Waals surface area contributed by atoms with Gasteiger partial charge in [0.15, 0.2) is 0 Å². The highest BCUT2D eigenvalue weighted by molar-refractivity contribution is 6.09. The van der Waals surface area contributed by atoms with Gasteiger partial charge in [-0.15, -0.1) is 0 Å². The van der Waals surface area contributed by atoms with E-state index in [-0.39, 0.29) is 11.1 Å². The van der Waals surface area contributed by atoms with E-state index in [9.17, 15) is 14.4 Å². The largest absolute Gasteiger partial charge is 0.496 e. The van der Waals surface area contributed by atoms with Gasteiger partial charge in [-0.1, -0.05) is 6.92 Å². The Morgan fingerprint density at radius 3 is 2.60 bits per heavy atom. The summed E-state index contributed by atoms with van der Waals surface area (Å²) in [5.41, 5.74) is 3.28. The second-order valence-electron chi connectivity index (χ2n) is 8.26. The number of ether oxygens (including phenoxy) is 1. The highest BCUT2D eigenvalue weighted by Crippen LogP contribution is 2.45. The Labute approximate surface area is 176 Å². The monoisotopic (exact) mass is 407 g/mol. The molecule has 0 saturated carbocycles. The molecule has 1 heterocycles. The zero-order chi connectivity index (χ0) is 22.1. The lowest BCUT2D eigenvalue weighted by Crippen LogP contribution is -2.45. The van der Waals surface area contributed by atoms with Crippen molar-refractivity contribution in [3.05, 3.63) is 58.9 Å². The summed E-state index contributed by atoms with van der Waals surface area (Å²) in [4.78, 5) is 14.8. The van der Waals surface area contributed by atoms with Crippen molar-refractivity contribution in [2.75, 3.05) is 24.4 Å². The van der Waals surface area contributed by atoms with Crippen molar-refractivity contribution < 1.29 is 13.9 Å². The molecule has 0 saturated heterocycles. The van der Waals surface area contributed by atoms with Crippen LogP contribution >= 0.6 is 0 Å². The number of rotatable bonds is 4. The molecule has 2 aromatic rings. The summed E-state index contributed by atoms with van der Waals surface area (Å²) in [6.07, 6.45) is 2.52. The summed E-state index contributed by atoms with van der Waals surface area (Å²) in [6, 6.07) is 11.3. The molecule has 0 bridgehead atoms. The molecule has 1 unspecified atom stereocenters. The third-order valence-corrected chi connectivity index (χ3v) is 5.75. The Morgan fingerprint density at radius 1 is 1.33 bits per heavy atom. The van der Waals surface area contributed by atoms with Crippen LogP contribution in [0.25, 0.3) is 6.08 Å². The number of nitrogens with one attached hydrogen (secondary N) is 1. The van der Waals surface area contributed by atoms with E-state index in [1.165, 1.54) is 30.3 Å². The number of carbonyl (C=O) groups excluding carboxylic acids is 1. The van der Waals surface area contributed by atoms with Crippen molar-refractivity contribution >= 4 is 23.4 Å². The second kappa shape index (κ2) is 8.19. The van der Waals surface area contributed by atoms with Crippen molar-refractivity contribution in [1.82, 2.24) is 0 Å². The Bertz CT molecular complexity index is 1040. The lowest BCUT2D eigenvalue weighted by Gasteiger charge is -2.45. The van der Waals surface area contributed by atoms with Crippen LogP contribution in [0.1, 0.15) is 44.2 Å². The highest BCUT2D eigenvalue weighted by atomic mass is 19.1. The maximum Gasteiger partial charge on any atom is 0.266 e. The molecular weight excluding hydrogens is 381 g/mol. The first-order valence-corrected chi connectivity index (χ1v) is 9.80. The quantitative estimate of drug-likeness (QED) is 0.566. The number of hydrogen-bond donors (Lipinski definition) is 1. The molecule has 1 aliphatic rings. The van der Waals surface area contributed by atoms with Crippen LogP contribution in [0.2, 0.25) is 0 Å². The topological polar surface area (TPSA) is 65.4 Å². The summed E-state index contributed by atoms with van der Waals surface area (Å²) in [7, 11) is 3.64. The molecule has 1 atom stereocenters. The van der Waals surface area contributed by atoms with Gasteiger partial charge in [-0.2, -0.15) is 5.26 Å². The van der Waals surface area contributed by atoms with Crippen LogP contribution in [0.5, 0.6) is 5.75 Å². The summed E-state index contributed by atoms with van der Waals surface area (Å²) < 4.78 is 18.6. The van der Waals surface area contributed by atoms with E-state index in [0.29, 0.717) is 22.9 Å². The van der Waals surface area contributed by atoms with Gasteiger partial charge >= 0.3 is 0 Å². The first kappa shape index (κ1) is 21.4. The molecule has 156 valence electrons. The molecule has 0 fully saturated rings. The predicted molar refractivity (Wildman–Crippen MR) is 117 cm³/mol. The standard InChI is InChI=1S/C24H26FN3O2/c1-15-13-24(2,3)28(4)21-12-22(30-5)16(11-20(15)21)10-17(14-26)23(29)27-19-8-6-18(25)7-9-19/h6-12,15H,13H2,1-5H3,(H,27,29)/b17-10+. The van der Waals surface area contributed by atoms with Gasteiger partial charge in [0.25, 0.3) is 5.91 Å². The number of carbonyl (C=O) groups is 1. The van der Waals surface area contributed by atoms with E-state index in [4.69, 9.17) is 4.74 Å². The summed E-state index contributed by atoms with van der Waals surface area (Å²) in [5.74, 6) is -0.0454. The smallest absolute Gasteiger partial charge is 0.266 e. The molecule has 0 aromatic heterocycles. The van der Waals surface area contributed by atoms with E-state index in [2.05, 4.69) is 38.0 Å². The number of amides is 1. The molecule has 1 amide bonds. The third kappa shape index (κ3) is 4.16. The minimum atomic E-state index is -0.560. The molecule has 0 spiro atoms. The zero-order valence-corrected chi connectivity index (χ0v) is 17.9. The first-order valence-electron chi connectivity index (χ1n) is 9.80. The molecule has 30 heavy (non-hydrogen) atoms. The maximum absolute atomic E-state index is 13.1. The van der Waals surface area contributed by atoms with E-state index < -0.39 is 11.7 Å². The third-order valence-electron chi connectivity index (χ3n) is 5.75. The summed E-state index contributed by atoms with van der Waals surface area (Å²) in [5, 5.41) is 12.2. The van der Waals surface area contributed by atoms with Crippen LogP contribution in [0.4, 0.5) is 15.8 Å². The van der Waals surface area contributed by atoms with E-state index in [1.807, 2.05) is 18.2 Å². The van der Waals surface area contributed by atoms with Crippen LogP contribution < -0.4 is 15.0 Å². The van der Waals surface area contributed by atoms with Gasteiger partial charge in [0.2, 0.25) is 0 Å². The molecule has 1 aliphatic heterocycles. The zero-order valence-electron chi connectivity index (χ0n) is 17.9. The molecule has 1 N–H and O–H groups in total. The number of methoxy groups -OCH3 is 1. The number of halogens is 1. The fraction of sp³-hybridized carbons (Fsp3) is 0.333. The van der Waals surface area contributed by atoms with Gasteiger partial charge in [-0.05, 0) is 68.2 Å². The lowest BCUT2D eigenvalue weighted by atomic mass is 9.80. The number of nitriles is 1. The fourth-order valence-electron chi connectivity index (χ4n) is 3.94. The molecule has 0 radical (unpaired) electrons. The number of nitrogens with zero attached hydrogens (tertiary/aromatic N) is 2. The SMILES string of the molecule is COc1cc2c(cc1/C=C(\C#N)C(=O)Nc1ccc(F)cc1)C(C)CC(C)(C)N2C. The van der Waals surface area contributed by atoms with Gasteiger partial charge in [0.05, 0.1) is 7.11 Å².